The molecule has 1 aromatic heterocycles. The van der Waals surface area contributed by atoms with E-state index in [-0.39, 0.29) is 23.3 Å². The molecule has 1 saturated heterocycles. The second-order valence-corrected chi connectivity index (χ2v) is 9.62. The number of piperazine rings is 1. The first kappa shape index (κ1) is 21.4. The number of carbonyl (C=O) groups excluding carboxylic acids is 1. The number of anilines is 1. The van der Waals surface area contributed by atoms with Gasteiger partial charge in [-0.1, -0.05) is 25.1 Å². The Bertz CT molecular complexity index is 949. The highest BCUT2D eigenvalue weighted by molar-refractivity contribution is 7.90. The minimum Gasteiger partial charge on any atom is -0.338 e. The molecule has 0 bridgehead atoms. The van der Waals surface area contributed by atoms with Crippen molar-refractivity contribution in [3.8, 4) is 0 Å². The van der Waals surface area contributed by atoms with E-state index in [1.807, 2.05) is 13.8 Å². The fourth-order valence-corrected chi connectivity index (χ4v) is 3.74. The van der Waals surface area contributed by atoms with Gasteiger partial charge in [0.15, 0.2) is 15.7 Å². The van der Waals surface area contributed by atoms with Crippen LogP contribution in [0.4, 0.5) is 5.69 Å². The summed E-state index contributed by atoms with van der Waals surface area (Å²) in [6.45, 7) is 8.02. The number of aromatic nitrogens is 2. The molecule has 1 fully saturated rings. The topological polar surface area (TPSA) is 109 Å². The monoisotopic (exact) mass is 421 g/mol. The molecule has 0 saturated carbocycles. The molecule has 10 heteroatoms. The van der Waals surface area contributed by atoms with Crippen LogP contribution in [-0.2, 0) is 21.2 Å². The van der Waals surface area contributed by atoms with Crippen LogP contribution in [0.5, 0.6) is 0 Å². The van der Waals surface area contributed by atoms with Crippen molar-refractivity contribution in [3.63, 3.8) is 0 Å². The third kappa shape index (κ3) is 6.09. The third-order valence-electron chi connectivity index (χ3n) is 4.74. The van der Waals surface area contributed by atoms with E-state index in [0.717, 1.165) is 38.3 Å². The lowest BCUT2D eigenvalue weighted by Gasteiger charge is -2.33. The van der Waals surface area contributed by atoms with Crippen molar-refractivity contribution in [1.29, 1.82) is 0 Å². The van der Waals surface area contributed by atoms with E-state index < -0.39 is 9.84 Å². The maximum atomic E-state index is 12.3. The molecule has 2 aromatic rings. The van der Waals surface area contributed by atoms with Gasteiger partial charge < -0.3 is 9.84 Å². The summed E-state index contributed by atoms with van der Waals surface area (Å²) in [6, 6.07) is 6.28. The van der Waals surface area contributed by atoms with Gasteiger partial charge >= 0.3 is 0 Å². The summed E-state index contributed by atoms with van der Waals surface area (Å²) in [5.74, 6) is 1.41. The number of carbonyl (C=O) groups is 1. The summed E-state index contributed by atoms with van der Waals surface area (Å²) in [7, 11) is -3.31. The summed E-state index contributed by atoms with van der Waals surface area (Å²) in [5, 5.41) is 6.76. The highest BCUT2D eigenvalue weighted by Crippen LogP contribution is 2.16. The van der Waals surface area contributed by atoms with E-state index in [9.17, 15) is 13.2 Å². The number of amides is 1. The molecule has 0 atom stereocenters. The van der Waals surface area contributed by atoms with E-state index in [0.29, 0.717) is 18.1 Å². The van der Waals surface area contributed by atoms with E-state index in [1.54, 1.807) is 12.1 Å². The van der Waals surface area contributed by atoms with Crippen molar-refractivity contribution >= 4 is 21.4 Å². The lowest BCUT2D eigenvalue weighted by Crippen LogP contribution is -2.48. The Balaban J connectivity index is 1.46. The second kappa shape index (κ2) is 9.02. The normalized spacial score (nSPS) is 16.3. The lowest BCUT2D eigenvalue weighted by atomic mass is 10.2. The quantitative estimate of drug-likeness (QED) is 0.714. The zero-order chi connectivity index (χ0) is 21.0. The Morgan fingerprint density at radius 2 is 1.90 bits per heavy atom. The largest absolute Gasteiger partial charge is 0.338 e. The van der Waals surface area contributed by atoms with Gasteiger partial charge in [-0.2, -0.15) is 4.98 Å². The van der Waals surface area contributed by atoms with Gasteiger partial charge in [0, 0.05) is 44.0 Å². The molecule has 0 aliphatic carbocycles. The average Bonchev–Trinajstić information content (AvgIpc) is 3.12. The van der Waals surface area contributed by atoms with Crippen molar-refractivity contribution < 1.29 is 17.7 Å². The predicted octanol–water partition coefficient (Wildman–Crippen LogP) is 1.35. The minimum absolute atomic E-state index is 0.164. The molecular weight excluding hydrogens is 394 g/mol. The molecule has 1 amide bonds. The molecule has 1 N–H and O–H groups in total. The molecule has 158 valence electrons. The highest BCUT2D eigenvalue weighted by atomic mass is 32.2. The summed E-state index contributed by atoms with van der Waals surface area (Å²) in [4.78, 5) is 21.2. The van der Waals surface area contributed by atoms with Gasteiger partial charge in [0.25, 0.3) is 0 Å². The van der Waals surface area contributed by atoms with Gasteiger partial charge in [-0.05, 0) is 18.2 Å². The van der Waals surface area contributed by atoms with Crippen LogP contribution >= 0.6 is 0 Å². The van der Waals surface area contributed by atoms with E-state index in [4.69, 9.17) is 4.52 Å². The van der Waals surface area contributed by atoms with E-state index in [2.05, 4.69) is 25.3 Å². The number of hydrogen-bond acceptors (Lipinski definition) is 8. The molecule has 0 unspecified atom stereocenters. The predicted molar refractivity (Wildman–Crippen MR) is 108 cm³/mol. The Morgan fingerprint density at radius 1 is 1.21 bits per heavy atom. The number of rotatable bonds is 7. The average molecular weight is 422 g/mol. The lowest BCUT2D eigenvalue weighted by molar-refractivity contribution is -0.117. The van der Waals surface area contributed by atoms with Crippen LogP contribution in [0.3, 0.4) is 0 Å². The third-order valence-corrected chi connectivity index (χ3v) is 5.85. The maximum Gasteiger partial charge on any atom is 0.240 e. The van der Waals surface area contributed by atoms with Gasteiger partial charge in [0.05, 0.1) is 18.0 Å². The Hall–Kier alpha value is -2.30. The van der Waals surface area contributed by atoms with Gasteiger partial charge in [-0.15, -0.1) is 0 Å². The van der Waals surface area contributed by atoms with Crippen LogP contribution in [0.1, 0.15) is 31.5 Å². The summed E-state index contributed by atoms with van der Waals surface area (Å²) >= 11 is 0. The molecule has 9 nitrogen and oxygen atoms in total. The minimum atomic E-state index is -3.31. The number of nitrogens with one attached hydrogen (secondary N) is 1. The van der Waals surface area contributed by atoms with Gasteiger partial charge in [0.1, 0.15) is 0 Å². The van der Waals surface area contributed by atoms with Crippen LogP contribution in [0.15, 0.2) is 33.7 Å². The molecule has 0 radical (unpaired) electrons. The molecule has 3 rings (SSSR count). The number of benzene rings is 1. The maximum absolute atomic E-state index is 12.3. The fourth-order valence-electron chi connectivity index (χ4n) is 3.07. The van der Waals surface area contributed by atoms with Crippen LogP contribution < -0.4 is 5.32 Å². The van der Waals surface area contributed by atoms with Crippen LogP contribution in [-0.4, -0.2) is 73.2 Å². The summed E-state index contributed by atoms with van der Waals surface area (Å²) in [5.41, 5.74) is 0.480. The standard InChI is InChI=1S/C19H27N5O4S/c1-14(2)19-21-18(28-22-19)13-24-9-7-23(8-10-24)12-17(25)20-15-5-4-6-16(11-15)29(3,26)27/h4-6,11,14H,7-10,12-13H2,1-3H3,(H,20,25). The van der Waals surface area contributed by atoms with Gasteiger partial charge in [-0.3, -0.25) is 14.6 Å². The Labute approximate surface area is 171 Å². The van der Waals surface area contributed by atoms with Gasteiger partial charge in [0.2, 0.25) is 11.8 Å². The van der Waals surface area contributed by atoms with Crippen LogP contribution in [0.25, 0.3) is 0 Å². The van der Waals surface area contributed by atoms with E-state index >= 15 is 0 Å². The summed E-state index contributed by atoms with van der Waals surface area (Å²) in [6.07, 6.45) is 1.14. The second-order valence-electron chi connectivity index (χ2n) is 7.60. The smallest absolute Gasteiger partial charge is 0.240 e. The summed E-state index contributed by atoms with van der Waals surface area (Å²) < 4.78 is 28.6. The van der Waals surface area contributed by atoms with E-state index in [1.165, 1.54) is 12.1 Å². The zero-order valence-electron chi connectivity index (χ0n) is 17.0. The molecule has 1 aliphatic heterocycles. The Morgan fingerprint density at radius 3 is 2.52 bits per heavy atom. The number of nitrogens with zero attached hydrogens (tertiary/aromatic N) is 4. The molecule has 1 aliphatic rings. The highest BCUT2D eigenvalue weighted by Gasteiger charge is 2.21. The molecule has 29 heavy (non-hydrogen) atoms. The van der Waals surface area contributed by atoms with Crippen LogP contribution in [0.2, 0.25) is 0 Å². The van der Waals surface area contributed by atoms with Crippen LogP contribution in [0, 0.1) is 0 Å². The first-order chi connectivity index (χ1) is 13.7. The van der Waals surface area contributed by atoms with Crippen molar-refractivity contribution in [2.75, 3.05) is 44.3 Å². The van der Waals surface area contributed by atoms with Crippen molar-refractivity contribution in [3.05, 3.63) is 36.0 Å². The fraction of sp³-hybridized carbons (Fsp3) is 0.526. The van der Waals surface area contributed by atoms with Crippen molar-refractivity contribution in [2.45, 2.75) is 31.2 Å². The Kier molecular flexibility index (Phi) is 6.66. The number of sulfone groups is 1. The molecular formula is C19H27N5O4S. The molecule has 1 aromatic carbocycles. The number of hydrogen-bond donors (Lipinski definition) is 1. The van der Waals surface area contributed by atoms with Gasteiger partial charge in [-0.25, -0.2) is 8.42 Å². The van der Waals surface area contributed by atoms with Crippen molar-refractivity contribution in [1.82, 2.24) is 19.9 Å². The first-order valence-corrected chi connectivity index (χ1v) is 11.5. The van der Waals surface area contributed by atoms with Crippen molar-refractivity contribution in [2.24, 2.45) is 0 Å². The SMILES string of the molecule is CC(C)c1noc(CN2CCN(CC(=O)Nc3cccc(S(C)(=O)=O)c3)CC2)n1. The first-order valence-electron chi connectivity index (χ1n) is 9.58. The molecule has 2 heterocycles. The molecule has 0 spiro atoms. The zero-order valence-corrected chi connectivity index (χ0v) is 17.8.